The minimum atomic E-state index is 0.0174. The fourth-order valence-electron chi connectivity index (χ4n) is 3.96. The fourth-order valence-corrected chi connectivity index (χ4v) is 4.53. The van der Waals surface area contributed by atoms with Crippen molar-refractivity contribution in [2.75, 3.05) is 32.8 Å². The second-order valence-electron chi connectivity index (χ2n) is 7.49. The van der Waals surface area contributed by atoms with Crippen molar-refractivity contribution in [2.24, 2.45) is 5.92 Å². The van der Waals surface area contributed by atoms with E-state index < -0.39 is 0 Å². The summed E-state index contributed by atoms with van der Waals surface area (Å²) < 4.78 is 11.4. The Balaban J connectivity index is 1.23. The quantitative estimate of drug-likeness (QED) is 0.765. The van der Waals surface area contributed by atoms with Gasteiger partial charge in [0.2, 0.25) is 0 Å². The predicted molar refractivity (Wildman–Crippen MR) is 101 cm³/mol. The number of halogens is 2. The lowest BCUT2D eigenvalue weighted by Gasteiger charge is -2.45. The molecule has 146 valence electrons. The van der Waals surface area contributed by atoms with Crippen molar-refractivity contribution in [3.8, 4) is 0 Å². The molecule has 0 aliphatic carbocycles. The molecule has 2 atom stereocenters. The van der Waals surface area contributed by atoms with Crippen LogP contribution < -0.4 is 0 Å². The summed E-state index contributed by atoms with van der Waals surface area (Å²) in [5, 5.41) is 1.17. The van der Waals surface area contributed by atoms with E-state index in [1.54, 1.807) is 11.0 Å². The van der Waals surface area contributed by atoms with E-state index in [1.165, 1.54) is 0 Å². The lowest BCUT2D eigenvalue weighted by Crippen LogP contribution is -2.61. The summed E-state index contributed by atoms with van der Waals surface area (Å²) in [5.74, 6) is 0.258. The molecule has 3 saturated heterocycles. The maximum atomic E-state index is 12.7. The van der Waals surface area contributed by atoms with Crippen LogP contribution in [-0.4, -0.2) is 66.6 Å². The Bertz CT molecular complexity index is 718. The predicted octanol–water partition coefficient (Wildman–Crippen LogP) is 2.99. The minimum Gasteiger partial charge on any atom is -0.370 e. The molecule has 2 amide bonds. The number of Topliss-reactive ketones (excluding diaryl/α,β-unsaturated/α-hetero) is 1. The molecular formula is C19H22Cl2N2O4. The number of ketones is 1. The molecule has 0 unspecified atom stereocenters. The third-order valence-electron chi connectivity index (χ3n) is 5.41. The first-order valence-electron chi connectivity index (χ1n) is 9.21. The zero-order valence-electron chi connectivity index (χ0n) is 14.9. The number of carbonyl (C=O) groups excluding carboxylic acids is 2. The molecule has 0 radical (unpaired) electrons. The van der Waals surface area contributed by atoms with Gasteiger partial charge in [-0.3, -0.25) is 4.79 Å². The zero-order valence-corrected chi connectivity index (χ0v) is 16.4. The summed E-state index contributed by atoms with van der Waals surface area (Å²) in [6.45, 7) is 3.06. The molecule has 3 aliphatic rings. The fraction of sp³-hybridized carbons (Fsp3) is 0.579. The number of amides is 2. The lowest BCUT2D eigenvalue weighted by molar-refractivity contribution is -0.140. The van der Waals surface area contributed by atoms with Gasteiger partial charge in [-0.15, -0.1) is 0 Å². The van der Waals surface area contributed by atoms with Gasteiger partial charge in [0, 0.05) is 35.5 Å². The van der Waals surface area contributed by atoms with Crippen molar-refractivity contribution < 1.29 is 19.1 Å². The van der Waals surface area contributed by atoms with E-state index in [0.717, 1.165) is 12.0 Å². The number of urea groups is 1. The van der Waals surface area contributed by atoms with E-state index in [1.807, 2.05) is 17.0 Å². The highest BCUT2D eigenvalue weighted by molar-refractivity contribution is 6.34. The van der Waals surface area contributed by atoms with Gasteiger partial charge in [-0.1, -0.05) is 23.2 Å². The van der Waals surface area contributed by atoms with Crippen molar-refractivity contribution in [1.29, 1.82) is 0 Å². The van der Waals surface area contributed by atoms with Gasteiger partial charge in [-0.25, -0.2) is 4.79 Å². The first-order chi connectivity index (χ1) is 13.0. The van der Waals surface area contributed by atoms with Crippen molar-refractivity contribution in [2.45, 2.75) is 31.7 Å². The molecule has 3 aliphatic heterocycles. The first-order valence-corrected chi connectivity index (χ1v) is 9.97. The molecule has 6 nitrogen and oxygen atoms in total. The van der Waals surface area contributed by atoms with Gasteiger partial charge in [0.15, 0.2) is 5.78 Å². The summed E-state index contributed by atoms with van der Waals surface area (Å²) in [6, 6.07) is 5.36. The number of ether oxygens (including phenoxy) is 2. The summed E-state index contributed by atoms with van der Waals surface area (Å²) in [5.41, 5.74) is 0.918. The van der Waals surface area contributed by atoms with Crippen molar-refractivity contribution in [1.82, 2.24) is 9.80 Å². The van der Waals surface area contributed by atoms with Crippen molar-refractivity contribution in [3.05, 3.63) is 33.8 Å². The summed E-state index contributed by atoms with van der Waals surface area (Å²) in [6.07, 6.45) is 1.45. The van der Waals surface area contributed by atoms with Crippen LogP contribution in [0.1, 0.15) is 18.4 Å². The highest BCUT2D eigenvalue weighted by Gasteiger charge is 2.40. The molecule has 0 aromatic heterocycles. The first kappa shape index (κ1) is 19.0. The van der Waals surface area contributed by atoms with Crippen LogP contribution in [-0.2, 0) is 20.9 Å². The number of piperidine rings is 1. The van der Waals surface area contributed by atoms with Crippen LogP contribution in [0.5, 0.6) is 0 Å². The van der Waals surface area contributed by atoms with Gasteiger partial charge in [-0.05, 0) is 30.2 Å². The molecule has 8 heteroatoms. The normalized spacial score (nSPS) is 25.9. The maximum Gasteiger partial charge on any atom is 0.320 e. The molecule has 0 spiro atoms. The topological polar surface area (TPSA) is 59.1 Å². The largest absolute Gasteiger partial charge is 0.370 e. The van der Waals surface area contributed by atoms with E-state index in [9.17, 15) is 9.59 Å². The van der Waals surface area contributed by atoms with E-state index in [2.05, 4.69) is 0 Å². The van der Waals surface area contributed by atoms with Gasteiger partial charge in [0.1, 0.15) is 6.61 Å². The Morgan fingerprint density at radius 1 is 1.15 bits per heavy atom. The smallest absolute Gasteiger partial charge is 0.320 e. The molecule has 3 heterocycles. The number of carbonyl (C=O) groups is 2. The number of benzene rings is 1. The van der Waals surface area contributed by atoms with Crippen molar-refractivity contribution in [3.63, 3.8) is 0 Å². The van der Waals surface area contributed by atoms with Crippen LogP contribution in [0.3, 0.4) is 0 Å². The lowest BCUT2D eigenvalue weighted by atomic mass is 9.88. The average Bonchev–Trinajstić information content (AvgIpc) is 2.58. The van der Waals surface area contributed by atoms with E-state index >= 15 is 0 Å². The standard InChI is InChI=1S/C19H22Cl2N2O4/c20-14-3-12(4-15(21)6-14)10-26-17-8-23(9-17)19(25)22-2-1-18-13(7-22)5-16(24)11-27-18/h3-4,6,13,17-18H,1-2,5,7-11H2/t13-,18+/m1/s1. The number of hydrogen-bond acceptors (Lipinski definition) is 4. The van der Waals surface area contributed by atoms with Gasteiger partial charge in [0.25, 0.3) is 0 Å². The third-order valence-corrected chi connectivity index (χ3v) is 5.85. The van der Waals surface area contributed by atoms with Gasteiger partial charge >= 0.3 is 6.03 Å². The van der Waals surface area contributed by atoms with E-state index in [-0.39, 0.29) is 36.5 Å². The Kier molecular flexibility index (Phi) is 5.60. The Labute approximate surface area is 168 Å². The molecule has 0 N–H and O–H groups in total. The molecule has 1 aromatic rings. The Morgan fingerprint density at radius 3 is 2.63 bits per heavy atom. The molecule has 4 rings (SSSR count). The molecule has 3 fully saturated rings. The van der Waals surface area contributed by atoms with Gasteiger partial charge in [-0.2, -0.15) is 0 Å². The second kappa shape index (κ2) is 7.95. The van der Waals surface area contributed by atoms with Crippen LogP contribution in [0.4, 0.5) is 4.79 Å². The highest BCUT2D eigenvalue weighted by Crippen LogP contribution is 2.28. The molecule has 27 heavy (non-hydrogen) atoms. The zero-order chi connectivity index (χ0) is 19.0. The Morgan fingerprint density at radius 2 is 1.89 bits per heavy atom. The summed E-state index contributed by atoms with van der Waals surface area (Å²) in [4.78, 5) is 27.9. The number of fused-ring (bicyclic) bond motifs is 1. The third kappa shape index (κ3) is 4.40. The monoisotopic (exact) mass is 412 g/mol. The number of nitrogens with zero attached hydrogens (tertiary/aromatic N) is 2. The van der Waals surface area contributed by atoms with Crippen LogP contribution in [0, 0.1) is 5.92 Å². The second-order valence-corrected chi connectivity index (χ2v) is 8.36. The molecule has 0 bridgehead atoms. The van der Waals surface area contributed by atoms with Crippen LogP contribution in [0.15, 0.2) is 18.2 Å². The molecular weight excluding hydrogens is 391 g/mol. The van der Waals surface area contributed by atoms with Gasteiger partial charge < -0.3 is 19.3 Å². The van der Waals surface area contributed by atoms with Gasteiger partial charge in [0.05, 0.1) is 31.9 Å². The van der Waals surface area contributed by atoms with Crippen LogP contribution >= 0.6 is 23.2 Å². The average molecular weight is 413 g/mol. The SMILES string of the molecule is O=C1CO[C@H]2CCN(C(=O)N3CC(OCc4cc(Cl)cc(Cl)c4)C3)C[C@H]2C1. The summed E-state index contributed by atoms with van der Waals surface area (Å²) >= 11 is 12.0. The minimum absolute atomic E-state index is 0.0174. The Hall–Kier alpha value is -1.34. The van der Waals surface area contributed by atoms with Crippen LogP contribution in [0.2, 0.25) is 10.0 Å². The molecule has 0 saturated carbocycles. The van der Waals surface area contributed by atoms with Crippen molar-refractivity contribution >= 4 is 35.0 Å². The van der Waals surface area contributed by atoms with E-state index in [0.29, 0.717) is 49.3 Å². The highest BCUT2D eigenvalue weighted by atomic mass is 35.5. The molecule has 1 aromatic carbocycles. The number of hydrogen-bond donors (Lipinski definition) is 0. The maximum absolute atomic E-state index is 12.7. The number of rotatable bonds is 3. The van der Waals surface area contributed by atoms with E-state index in [4.69, 9.17) is 32.7 Å². The summed E-state index contributed by atoms with van der Waals surface area (Å²) in [7, 11) is 0. The van der Waals surface area contributed by atoms with Crippen LogP contribution in [0.25, 0.3) is 0 Å². The number of likely N-dealkylation sites (tertiary alicyclic amines) is 2.